The molecule has 3 atom stereocenters. The molecule has 0 aromatic heterocycles. The molecule has 0 spiro atoms. The van der Waals surface area contributed by atoms with Crippen molar-refractivity contribution in [3.8, 4) is 0 Å². The van der Waals surface area contributed by atoms with E-state index in [0.29, 0.717) is 129 Å². The second kappa shape index (κ2) is 64.5. The van der Waals surface area contributed by atoms with Gasteiger partial charge in [0.1, 0.15) is 64.8 Å². The summed E-state index contributed by atoms with van der Waals surface area (Å²) in [5.74, 6) is -3.31. The molecule has 37 heteroatoms. The van der Waals surface area contributed by atoms with Gasteiger partial charge in [-0.2, -0.15) is 0 Å². The molecule has 0 fully saturated rings. The molecule has 2 amide bonds. The number of quaternary nitrogens is 5. The van der Waals surface area contributed by atoms with E-state index < -0.39 is 85.1 Å². The summed E-state index contributed by atoms with van der Waals surface area (Å²) in [6.07, 6.45) is 3.81. The third-order valence-electron chi connectivity index (χ3n) is 17.8. The predicted octanol–water partition coefficient (Wildman–Crippen LogP) is 8.73. The molecule has 3 unspecified atom stereocenters. The molecule has 0 aromatic rings. The van der Waals surface area contributed by atoms with Gasteiger partial charge in [0.2, 0.25) is 11.8 Å². The first-order valence-electron chi connectivity index (χ1n) is 35.2. The zero-order chi connectivity index (χ0) is 82.4. The number of nitrogens with one attached hydrogen (secondary N) is 2. The highest BCUT2D eigenvalue weighted by molar-refractivity contribution is 7.86. The minimum absolute atomic E-state index is 0. The van der Waals surface area contributed by atoms with Crippen LogP contribution in [-0.2, 0) is 88.8 Å². The predicted molar refractivity (Wildman–Crippen MR) is 459 cm³/mol. The molecule has 0 heterocycles. The van der Waals surface area contributed by atoms with Crippen LogP contribution in [0.4, 0.5) is 0 Å². The van der Waals surface area contributed by atoms with Gasteiger partial charge in [0.05, 0.1) is 182 Å². The van der Waals surface area contributed by atoms with Crippen LogP contribution < -0.4 is 10.6 Å². The second-order valence-corrected chi connectivity index (χ2v) is 39.8. The van der Waals surface area contributed by atoms with Crippen molar-refractivity contribution in [2.75, 3.05) is 198 Å². The van der Waals surface area contributed by atoms with Crippen LogP contribution in [0.25, 0.3) is 0 Å². The summed E-state index contributed by atoms with van der Waals surface area (Å²) in [4.78, 5) is 58.8. The van der Waals surface area contributed by atoms with Crippen molar-refractivity contribution < 1.29 is 136 Å². The Bertz CT molecular complexity index is 3070. The maximum Gasteiger partial charge on any atom is 0.311 e. The van der Waals surface area contributed by atoms with E-state index in [2.05, 4.69) is 10.6 Å². The van der Waals surface area contributed by atoms with Crippen LogP contribution in [0.2, 0.25) is 0 Å². The molecular weight excluding hydrogens is 1570 g/mol. The minimum atomic E-state index is -4.45. The van der Waals surface area contributed by atoms with Gasteiger partial charge in [0.15, 0.2) is 0 Å². The fourth-order valence-corrected chi connectivity index (χ4v) is 11.2. The highest BCUT2D eigenvalue weighted by atomic mass is 32.2. The monoisotopic (exact) mass is 1750 g/mol. The molecule has 0 aliphatic carbocycles. The van der Waals surface area contributed by atoms with Crippen molar-refractivity contribution in [2.45, 2.75) is 248 Å². The smallest absolute Gasteiger partial charge is 0.311 e. The number of carbonyl (C=O) groups excluding carboxylic acids is 5. The van der Waals surface area contributed by atoms with Crippen LogP contribution in [0, 0.1) is 27.6 Å². The van der Waals surface area contributed by atoms with Crippen LogP contribution in [0.15, 0.2) is 0 Å². The third kappa shape index (κ3) is 86.3. The fraction of sp³-hybridized carbons (Fsp3) is 0.934. The Kier molecular flexibility index (Phi) is 82.5. The highest BCUT2D eigenvalue weighted by Gasteiger charge is 2.32. The van der Waals surface area contributed by atoms with Gasteiger partial charge in [0, 0.05) is 73.3 Å². The molecule has 0 radical (unpaired) electrons. The quantitative estimate of drug-likeness (QED) is 0.0145. The van der Waals surface area contributed by atoms with E-state index in [4.69, 9.17) is 14.2 Å². The number of hydrogen-bond acceptors (Lipinski definition) is 25. The summed E-state index contributed by atoms with van der Waals surface area (Å²) < 4.78 is 176. The summed E-state index contributed by atoms with van der Waals surface area (Å²) in [7, 11) is -2.42. The Morgan fingerprint density at radius 1 is 0.354 bits per heavy atom. The van der Waals surface area contributed by atoms with Crippen molar-refractivity contribution >= 4 is 80.3 Å². The van der Waals surface area contributed by atoms with Gasteiger partial charge in [0.25, 0.3) is 0 Å². The van der Waals surface area contributed by atoms with Gasteiger partial charge >= 0.3 is 17.9 Å². The molecule has 0 aliphatic heterocycles. The number of rotatable bonds is 47. The number of likely N-dealkylation sites (N-methyl/N-ethyl adjacent to an activating group) is 4. The topological polar surface area (TPSA) is 464 Å². The van der Waals surface area contributed by atoms with Crippen LogP contribution in [-0.4, -0.2) is 337 Å². The van der Waals surface area contributed by atoms with Gasteiger partial charge < -0.3 is 80.2 Å². The normalized spacial score (nSPS) is 12.8. The largest absolute Gasteiger partial charge is 0.748 e. The Morgan fingerprint density at radius 2 is 0.575 bits per heavy atom. The molecular formula is C76H179N7O25S5. The lowest BCUT2D eigenvalue weighted by Crippen LogP contribution is -2.49. The molecule has 4 N–H and O–H groups in total. The Labute approximate surface area is 695 Å². The van der Waals surface area contributed by atoms with Crippen molar-refractivity contribution in [3.63, 3.8) is 0 Å². The second-order valence-electron chi connectivity index (χ2n) is 32.4. The Balaban J connectivity index is -0.0000000800. The van der Waals surface area contributed by atoms with Gasteiger partial charge in [-0.1, -0.05) is 144 Å². The standard InChI is InChI=1S/C14H30N2O5S.C14H30N2O4S.C13H27NO6S.C13H27NO5S.C12H25NO5S.10CH4/c1-6-14(2,3)13(18)15-8-7-9-16(4,5)10-12(17)11-22(19,20)21;1-6-14(2,3)13(17)15-9-7-10-16(4,5)11-8-12-21(18,19)20;1-6-13(2,3)12(16)20-8-7-14(4,5)9-11(15)10-21(17,18)19;1-6-13(2,3)12(15)19-10-9-14(4,5)8-7-11-20(16,17)18;1-5-11(2)12(14)18-9-8-13(3,4)7-6-10-19(15,16)17;;;;;;;;;;/h12,17H,6-11H2,1-5H3,(H-,15,18,19,20,21);6-12H2,1-5H3,(H-,15,17,18,19,20);11,15H,6-10H2,1-5H3;6-11H2,1-5H3;11H,5-10H2,1-4H3;10*1H4. The number of aliphatic hydroxyl groups excluding tert-OH is 2. The summed E-state index contributed by atoms with van der Waals surface area (Å²) in [5.41, 5.74) is -1.74. The number of amides is 2. The lowest BCUT2D eigenvalue weighted by Gasteiger charge is -2.32. The summed E-state index contributed by atoms with van der Waals surface area (Å²) >= 11 is 0. The minimum Gasteiger partial charge on any atom is -0.748 e. The van der Waals surface area contributed by atoms with E-state index in [1.807, 2.05) is 139 Å². The Morgan fingerprint density at radius 3 is 0.814 bits per heavy atom. The molecule has 0 saturated heterocycles. The fourth-order valence-electron chi connectivity index (χ4n) is 8.61. The maximum atomic E-state index is 11.9. The SMILES string of the molecule is C.C.C.C.C.C.C.C.C.C.CCC(C)(C)C(=O)NCCC[N+](C)(C)CC(O)CS(=O)(=O)[O-].CCC(C)(C)C(=O)NCCC[N+](C)(C)CCCS(=O)(=O)[O-].CCC(C)(C)C(=O)OCC[N+](C)(C)CC(O)CS(=O)(=O)[O-].CCC(C)(C)C(=O)OCC[N+](C)(C)CCCS(=O)(=O)[O-].CCC(C)C(=O)OCC[N+](C)(C)CCCS(=O)(=O)[O-]. The van der Waals surface area contributed by atoms with Crippen LogP contribution in [0.5, 0.6) is 0 Å². The third-order valence-corrected chi connectivity index (χ3v) is 21.8. The molecule has 0 aliphatic rings. The van der Waals surface area contributed by atoms with Crippen molar-refractivity contribution in [3.05, 3.63) is 0 Å². The van der Waals surface area contributed by atoms with Gasteiger partial charge in [-0.15, -0.1) is 0 Å². The summed E-state index contributed by atoms with van der Waals surface area (Å²) in [6.45, 7) is 33.5. The van der Waals surface area contributed by atoms with E-state index in [1.165, 1.54) is 0 Å². The summed E-state index contributed by atoms with van der Waals surface area (Å²) in [6, 6.07) is 0. The first-order valence-corrected chi connectivity index (χ1v) is 43.0. The van der Waals surface area contributed by atoms with Crippen LogP contribution >= 0.6 is 0 Å². The average molecular weight is 1750 g/mol. The molecule has 0 rings (SSSR count). The van der Waals surface area contributed by atoms with Crippen LogP contribution in [0.1, 0.15) is 235 Å². The van der Waals surface area contributed by atoms with E-state index in [1.54, 1.807) is 27.9 Å². The molecule has 113 heavy (non-hydrogen) atoms. The number of ether oxygens (including phenoxy) is 3. The van der Waals surface area contributed by atoms with Gasteiger partial charge in [-0.05, 0) is 59.8 Å². The van der Waals surface area contributed by atoms with Crippen molar-refractivity contribution in [2.24, 2.45) is 27.6 Å². The highest BCUT2D eigenvalue weighted by Crippen LogP contribution is 2.24. The van der Waals surface area contributed by atoms with E-state index in [-0.39, 0.29) is 162 Å². The molecule has 0 aromatic carbocycles. The molecule has 698 valence electrons. The zero-order valence-electron chi connectivity index (χ0n) is 67.0. The molecule has 32 nitrogen and oxygen atoms in total. The Hall–Kier alpha value is -3.38. The van der Waals surface area contributed by atoms with Crippen molar-refractivity contribution in [1.82, 2.24) is 10.6 Å². The van der Waals surface area contributed by atoms with Crippen LogP contribution in [0.3, 0.4) is 0 Å². The first-order chi connectivity index (χ1) is 45.9. The lowest BCUT2D eigenvalue weighted by atomic mass is 9.89. The average Bonchev–Trinajstić information content (AvgIpc) is 0.894. The lowest BCUT2D eigenvalue weighted by molar-refractivity contribution is -0.893. The maximum absolute atomic E-state index is 11.9. The molecule has 0 saturated carbocycles. The van der Waals surface area contributed by atoms with E-state index >= 15 is 0 Å². The number of nitrogens with zero attached hydrogens (tertiary/aromatic N) is 5. The van der Waals surface area contributed by atoms with Gasteiger partial charge in [-0.25, -0.2) is 42.1 Å². The van der Waals surface area contributed by atoms with E-state index in [0.717, 1.165) is 32.2 Å². The summed E-state index contributed by atoms with van der Waals surface area (Å²) in [5, 5.41) is 25.0. The number of carbonyl (C=O) groups is 5. The zero-order valence-corrected chi connectivity index (χ0v) is 71.1. The molecule has 0 bridgehead atoms. The van der Waals surface area contributed by atoms with E-state index in [9.17, 15) is 99.0 Å². The number of hydrogen-bond donors (Lipinski definition) is 4. The van der Waals surface area contributed by atoms with Gasteiger partial charge in [-0.3, -0.25) is 24.0 Å². The first kappa shape index (κ1) is 144. The number of esters is 3. The number of aliphatic hydroxyl groups is 2. The van der Waals surface area contributed by atoms with Crippen molar-refractivity contribution in [1.29, 1.82) is 0 Å².